The summed E-state index contributed by atoms with van der Waals surface area (Å²) in [6.45, 7) is 4.20. The Morgan fingerprint density at radius 2 is 2.00 bits per heavy atom. The molecule has 0 aliphatic rings. The standard InChI is InChI=1S/C16H15N3O2/c1-11-3-5-14(6-4-11)21-10-15-17-16-7-12(2)13(9-20)8-19(16)18-15/h3-9H,10H2,1-2H3. The van der Waals surface area contributed by atoms with E-state index in [1.54, 1.807) is 10.7 Å². The predicted octanol–water partition coefficient (Wildman–Crippen LogP) is 2.74. The summed E-state index contributed by atoms with van der Waals surface area (Å²) >= 11 is 0. The molecule has 21 heavy (non-hydrogen) atoms. The van der Waals surface area contributed by atoms with Gasteiger partial charge in [-0.15, -0.1) is 5.10 Å². The van der Waals surface area contributed by atoms with Crippen LogP contribution in [-0.2, 0) is 6.61 Å². The van der Waals surface area contributed by atoms with Crippen molar-refractivity contribution < 1.29 is 9.53 Å². The highest BCUT2D eigenvalue weighted by molar-refractivity contribution is 5.77. The van der Waals surface area contributed by atoms with Crippen molar-refractivity contribution in [3.8, 4) is 5.75 Å². The number of fused-ring (bicyclic) bond motifs is 1. The number of carbonyl (C=O) groups excluding carboxylic acids is 1. The van der Waals surface area contributed by atoms with Gasteiger partial charge in [-0.05, 0) is 37.6 Å². The van der Waals surface area contributed by atoms with Crippen LogP contribution in [0.4, 0.5) is 0 Å². The molecule has 5 nitrogen and oxygen atoms in total. The molecule has 0 bridgehead atoms. The zero-order valence-electron chi connectivity index (χ0n) is 11.9. The monoisotopic (exact) mass is 281 g/mol. The van der Waals surface area contributed by atoms with Crippen LogP contribution in [0.5, 0.6) is 5.75 Å². The van der Waals surface area contributed by atoms with Crippen molar-refractivity contribution in [2.24, 2.45) is 0 Å². The van der Waals surface area contributed by atoms with E-state index in [9.17, 15) is 4.79 Å². The maximum absolute atomic E-state index is 10.9. The third kappa shape index (κ3) is 2.76. The van der Waals surface area contributed by atoms with Crippen LogP contribution in [0.3, 0.4) is 0 Å². The smallest absolute Gasteiger partial charge is 0.189 e. The van der Waals surface area contributed by atoms with Gasteiger partial charge in [-0.1, -0.05) is 17.7 Å². The highest BCUT2D eigenvalue weighted by atomic mass is 16.5. The van der Waals surface area contributed by atoms with Crippen molar-refractivity contribution >= 4 is 11.9 Å². The first-order chi connectivity index (χ1) is 10.2. The minimum Gasteiger partial charge on any atom is -0.486 e. The Morgan fingerprint density at radius 3 is 2.71 bits per heavy atom. The van der Waals surface area contributed by atoms with Crippen LogP contribution in [0.2, 0.25) is 0 Å². The average molecular weight is 281 g/mol. The maximum atomic E-state index is 10.9. The molecule has 3 aromatic rings. The van der Waals surface area contributed by atoms with Gasteiger partial charge in [0.25, 0.3) is 0 Å². The second-order valence-corrected chi connectivity index (χ2v) is 4.96. The molecule has 0 saturated carbocycles. The fraction of sp³-hybridized carbons (Fsp3) is 0.188. The Balaban J connectivity index is 1.81. The van der Waals surface area contributed by atoms with Crippen molar-refractivity contribution in [2.75, 3.05) is 0 Å². The molecule has 5 heteroatoms. The zero-order chi connectivity index (χ0) is 14.8. The van der Waals surface area contributed by atoms with Gasteiger partial charge in [0.1, 0.15) is 12.4 Å². The van der Waals surface area contributed by atoms with E-state index in [0.717, 1.165) is 17.6 Å². The van der Waals surface area contributed by atoms with Gasteiger partial charge in [-0.3, -0.25) is 4.79 Å². The van der Waals surface area contributed by atoms with E-state index in [1.165, 1.54) is 5.56 Å². The molecule has 2 heterocycles. The number of hydrogen-bond donors (Lipinski definition) is 0. The van der Waals surface area contributed by atoms with E-state index in [-0.39, 0.29) is 0 Å². The molecule has 0 fully saturated rings. The zero-order valence-corrected chi connectivity index (χ0v) is 11.9. The van der Waals surface area contributed by atoms with Crippen LogP contribution in [0, 0.1) is 13.8 Å². The molecule has 0 radical (unpaired) electrons. The van der Waals surface area contributed by atoms with Crippen LogP contribution < -0.4 is 4.74 Å². The fourth-order valence-corrected chi connectivity index (χ4v) is 2.05. The summed E-state index contributed by atoms with van der Waals surface area (Å²) in [7, 11) is 0. The SMILES string of the molecule is Cc1ccc(OCc2nc3cc(C)c(C=O)cn3n2)cc1. The number of ether oxygens (including phenoxy) is 1. The van der Waals surface area contributed by atoms with Crippen molar-refractivity contribution in [3.63, 3.8) is 0 Å². The van der Waals surface area contributed by atoms with Crippen molar-refractivity contribution in [2.45, 2.75) is 20.5 Å². The molecule has 0 saturated heterocycles. The van der Waals surface area contributed by atoms with E-state index in [0.29, 0.717) is 23.6 Å². The molecule has 0 aliphatic heterocycles. The molecule has 0 amide bonds. The van der Waals surface area contributed by atoms with Gasteiger partial charge >= 0.3 is 0 Å². The van der Waals surface area contributed by atoms with Crippen LogP contribution in [0.1, 0.15) is 27.3 Å². The van der Waals surface area contributed by atoms with Crippen LogP contribution >= 0.6 is 0 Å². The topological polar surface area (TPSA) is 56.5 Å². The number of pyridine rings is 1. The van der Waals surface area contributed by atoms with Crippen LogP contribution in [0.25, 0.3) is 5.65 Å². The summed E-state index contributed by atoms with van der Waals surface area (Å²) in [5, 5.41) is 4.32. The lowest BCUT2D eigenvalue weighted by Crippen LogP contribution is -1.98. The number of aryl methyl sites for hydroxylation is 2. The maximum Gasteiger partial charge on any atom is 0.189 e. The van der Waals surface area contributed by atoms with Gasteiger partial charge in [0.15, 0.2) is 17.8 Å². The molecule has 3 rings (SSSR count). The van der Waals surface area contributed by atoms with Gasteiger partial charge in [0.05, 0.1) is 0 Å². The lowest BCUT2D eigenvalue weighted by Gasteiger charge is -2.03. The summed E-state index contributed by atoms with van der Waals surface area (Å²) in [6.07, 6.45) is 2.50. The van der Waals surface area contributed by atoms with Gasteiger partial charge in [-0.25, -0.2) is 9.50 Å². The first-order valence-electron chi connectivity index (χ1n) is 6.66. The summed E-state index contributed by atoms with van der Waals surface area (Å²) in [5.41, 5.74) is 3.39. The van der Waals surface area contributed by atoms with Crippen molar-refractivity contribution in [3.05, 3.63) is 59.0 Å². The minimum absolute atomic E-state index is 0.292. The molecule has 0 atom stereocenters. The second-order valence-electron chi connectivity index (χ2n) is 4.96. The quantitative estimate of drug-likeness (QED) is 0.690. The molecule has 0 spiro atoms. The van der Waals surface area contributed by atoms with E-state index in [1.807, 2.05) is 44.2 Å². The normalized spacial score (nSPS) is 10.8. The number of aldehydes is 1. The Hall–Kier alpha value is -2.69. The Morgan fingerprint density at radius 1 is 1.24 bits per heavy atom. The molecule has 0 N–H and O–H groups in total. The fourth-order valence-electron chi connectivity index (χ4n) is 2.05. The summed E-state index contributed by atoms with van der Waals surface area (Å²) < 4.78 is 7.26. The van der Waals surface area contributed by atoms with E-state index < -0.39 is 0 Å². The lowest BCUT2D eigenvalue weighted by molar-refractivity contribution is 0.112. The molecular formula is C16H15N3O2. The molecular weight excluding hydrogens is 266 g/mol. The Bertz CT molecular complexity index is 791. The molecule has 2 aromatic heterocycles. The van der Waals surface area contributed by atoms with Crippen LogP contribution in [-0.4, -0.2) is 20.9 Å². The van der Waals surface area contributed by atoms with Gasteiger partial charge in [0, 0.05) is 11.8 Å². The number of aromatic nitrogens is 3. The lowest BCUT2D eigenvalue weighted by atomic mass is 10.2. The van der Waals surface area contributed by atoms with Crippen LogP contribution in [0.15, 0.2) is 36.5 Å². The van der Waals surface area contributed by atoms with Gasteiger partial charge < -0.3 is 4.74 Å². The summed E-state index contributed by atoms with van der Waals surface area (Å²) in [5.74, 6) is 1.36. The van der Waals surface area contributed by atoms with E-state index >= 15 is 0 Å². The second kappa shape index (κ2) is 5.36. The van der Waals surface area contributed by atoms with Gasteiger partial charge in [-0.2, -0.15) is 0 Å². The molecule has 0 aliphatic carbocycles. The third-order valence-corrected chi connectivity index (χ3v) is 3.28. The summed E-state index contributed by atoms with van der Waals surface area (Å²) in [6, 6.07) is 9.66. The highest BCUT2D eigenvalue weighted by Gasteiger charge is 2.07. The minimum atomic E-state index is 0.292. The number of nitrogens with zero attached hydrogens (tertiary/aromatic N) is 3. The Labute approximate surface area is 122 Å². The van der Waals surface area contributed by atoms with Crippen molar-refractivity contribution in [1.82, 2.24) is 14.6 Å². The number of benzene rings is 1. The van der Waals surface area contributed by atoms with Gasteiger partial charge in [0.2, 0.25) is 0 Å². The average Bonchev–Trinajstić information content (AvgIpc) is 2.87. The molecule has 0 unspecified atom stereocenters. The van der Waals surface area contributed by atoms with Crippen molar-refractivity contribution in [1.29, 1.82) is 0 Å². The predicted molar refractivity (Wildman–Crippen MR) is 78.6 cm³/mol. The van der Waals surface area contributed by atoms with E-state index in [4.69, 9.17) is 4.74 Å². The third-order valence-electron chi connectivity index (χ3n) is 3.28. The molecule has 106 valence electrons. The first-order valence-corrected chi connectivity index (χ1v) is 6.66. The highest BCUT2D eigenvalue weighted by Crippen LogP contribution is 2.14. The number of hydrogen-bond acceptors (Lipinski definition) is 4. The largest absolute Gasteiger partial charge is 0.486 e. The molecule has 1 aromatic carbocycles. The number of rotatable bonds is 4. The summed E-state index contributed by atoms with van der Waals surface area (Å²) in [4.78, 5) is 15.3. The first kappa shape index (κ1) is 13.3. The van der Waals surface area contributed by atoms with E-state index in [2.05, 4.69) is 10.1 Å². The number of carbonyl (C=O) groups is 1. The Kier molecular flexibility index (Phi) is 3.39.